The molecule has 0 saturated heterocycles. The number of fused-ring (bicyclic) bond motifs is 9. The zero-order chi connectivity index (χ0) is 38.5. The van der Waals surface area contributed by atoms with Gasteiger partial charge < -0.3 is 4.90 Å². The highest BCUT2D eigenvalue weighted by Crippen LogP contribution is 2.54. The number of benzene rings is 8. The Bertz CT molecular complexity index is 2940. The Morgan fingerprint density at radius 2 is 1.07 bits per heavy atom. The summed E-state index contributed by atoms with van der Waals surface area (Å²) in [6.07, 6.45) is 6.96. The van der Waals surface area contributed by atoms with Gasteiger partial charge in [-0.25, -0.2) is 0 Å². The Hall–Kier alpha value is -6.44. The maximum atomic E-state index is 2.48. The number of rotatable bonds is 5. The van der Waals surface area contributed by atoms with Crippen molar-refractivity contribution in [3.8, 4) is 44.5 Å². The Morgan fingerprint density at radius 3 is 1.91 bits per heavy atom. The first-order valence-electron chi connectivity index (χ1n) is 20.5. The minimum Gasteiger partial charge on any atom is -0.310 e. The van der Waals surface area contributed by atoms with E-state index in [2.05, 4.69) is 209 Å². The molecule has 0 spiro atoms. The van der Waals surface area contributed by atoms with Gasteiger partial charge >= 0.3 is 0 Å². The van der Waals surface area contributed by atoms with E-state index in [1.165, 1.54) is 94.3 Å². The number of hydrogen-bond donors (Lipinski definition) is 0. The van der Waals surface area contributed by atoms with Gasteiger partial charge in [-0.2, -0.15) is 0 Å². The summed E-state index contributed by atoms with van der Waals surface area (Å²) in [5.41, 5.74) is 22.2. The number of anilines is 3. The van der Waals surface area contributed by atoms with Crippen LogP contribution >= 0.6 is 0 Å². The molecular formula is C56H45N. The molecule has 3 aliphatic rings. The van der Waals surface area contributed by atoms with Crippen LogP contribution in [0.4, 0.5) is 17.1 Å². The van der Waals surface area contributed by atoms with Crippen molar-refractivity contribution in [2.45, 2.75) is 51.4 Å². The van der Waals surface area contributed by atoms with E-state index in [-0.39, 0.29) is 10.8 Å². The van der Waals surface area contributed by atoms with E-state index < -0.39 is 0 Å². The predicted molar refractivity (Wildman–Crippen MR) is 242 cm³/mol. The summed E-state index contributed by atoms with van der Waals surface area (Å²) in [5, 5.41) is 2.48. The van der Waals surface area contributed by atoms with Crippen LogP contribution in [-0.4, -0.2) is 0 Å². The van der Waals surface area contributed by atoms with Crippen LogP contribution in [0, 0.1) is 0 Å². The summed E-state index contributed by atoms with van der Waals surface area (Å²) in [5.74, 6) is 0. The number of nitrogens with zero attached hydrogens (tertiary/aromatic N) is 1. The van der Waals surface area contributed by atoms with Crippen LogP contribution in [0.25, 0.3) is 61.4 Å². The van der Waals surface area contributed by atoms with Gasteiger partial charge in [-0.1, -0.05) is 167 Å². The van der Waals surface area contributed by atoms with Crippen molar-refractivity contribution >= 4 is 33.9 Å². The van der Waals surface area contributed by atoms with E-state index in [4.69, 9.17) is 0 Å². The van der Waals surface area contributed by atoms with Crippen molar-refractivity contribution in [2.24, 2.45) is 0 Å². The van der Waals surface area contributed by atoms with Crippen LogP contribution < -0.4 is 4.90 Å². The molecule has 57 heavy (non-hydrogen) atoms. The molecule has 0 amide bonds. The second-order valence-corrected chi connectivity index (χ2v) is 17.2. The highest BCUT2D eigenvalue weighted by atomic mass is 15.1. The molecule has 274 valence electrons. The van der Waals surface area contributed by atoms with Gasteiger partial charge in [0, 0.05) is 27.6 Å². The van der Waals surface area contributed by atoms with Crippen molar-refractivity contribution in [3.05, 3.63) is 203 Å². The molecule has 8 aromatic carbocycles. The highest BCUT2D eigenvalue weighted by molar-refractivity contribution is 6.07. The maximum absolute atomic E-state index is 2.48. The lowest BCUT2D eigenvalue weighted by atomic mass is 9.80. The van der Waals surface area contributed by atoms with Gasteiger partial charge in [0.2, 0.25) is 0 Å². The topological polar surface area (TPSA) is 3.24 Å². The largest absolute Gasteiger partial charge is 0.310 e. The Balaban J connectivity index is 1.07. The zero-order valence-corrected chi connectivity index (χ0v) is 33.1. The van der Waals surface area contributed by atoms with Crippen LogP contribution in [0.2, 0.25) is 0 Å². The zero-order valence-electron chi connectivity index (χ0n) is 33.1. The van der Waals surface area contributed by atoms with Gasteiger partial charge in [0.25, 0.3) is 0 Å². The van der Waals surface area contributed by atoms with Crippen LogP contribution in [0.3, 0.4) is 0 Å². The lowest BCUT2D eigenvalue weighted by molar-refractivity contribution is 0.660. The SMILES string of the molecule is CC1(C)c2ccccc2-c2ccc(N(c3ccc(-c4ccccc4)cc3)c3ccc(-c4ccc5c(c4)C(C)(C)c4ccc6c(c4-5)C=CCC6)c4ccccc34)cc21. The molecule has 0 atom stereocenters. The van der Waals surface area contributed by atoms with Crippen molar-refractivity contribution < 1.29 is 0 Å². The summed E-state index contributed by atoms with van der Waals surface area (Å²) < 4.78 is 0. The van der Waals surface area contributed by atoms with Crippen molar-refractivity contribution in [1.82, 2.24) is 0 Å². The molecule has 0 N–H and O–H groups in total. The Kier molecular flexibility index (Phi) is 7.45. The molecule has 0 fully saturated rings. The smallest absolute Gasteiger partial charge is 0.0540 e. The van der Waals surface area contributed by atoms with Crippen molar-refractivity contribution in [1.29, 1.82) is 0 Å². The van der Waals surface area contributed by atoms with Crippen LogP contribution in [0.15, 0.2) is 170 Å². The summed E-state index contributed by atoms with van der Waals surface area (Å²) in [6, 6.07) is 61.5. The van der Waals surface area contributed by atoms with E-state index in [0.717, 1.165) is 24.2 Å². The van der Waals surface area contributed by atoms with Crippen LogP contribution in [-0.2, 0) is 17.3 Å². The molecule has 3 aliphatic carbocycles. The van der Waals surface area contributed by atoms with Gasteiger partial charge in [0.05, 0.1) is 5.69 Å². The molecule has 0 unspecified atom stereocenters. The van der Waals surface area contributed by atoms with E-state index in [9.17, 15) is 0 Å². The first-order chi connectivity index (χ1) is 27.8. The highest BCUT2D eigenvalue weighted by Gasteiger charge is 2.38. The third-order valence-corrected chi connectivity index (χ3v) is 13.3. The molecule has 1 nitrogen and oxygen atoms in total. The number of allylic oxidation sites excluding steroid dienone is 1. The van der Waals surface area contributed by atoms with E-state index >= 15 is 0 Å². The van der Waals surface area contributed by atoms with Crippen molar-refractivity contribution in [3.63, 3.8) is 0 Å². The minimum atomic E-state index is -0.104. The average molecular weight is 732 g/mol. The molecule has 11 rings (SSSR count). The first kappa shape index (κ1) is 33.9. The maximum Gasteiger partial charge on any atom is 0.0540 e. The molecule has 0 heterocycles. The van der Waals surface area contributed by atoms with E-state index in [1.807, 2.05) is 0 Å². The summed E-state index contributed by atoms with van der Waals surface area (Å²) >= 11 is 0. The number of aryl methyl sites for hydroxylation is 1. The summed E-state index contributed by atoms with van der Waals surface area (Å²) in [7, 11) is 0. The fourth-order valence-corrected chi connectivity index (χ4v) is 10.3. The normalized spacial score (nSPS) is 15.1. The van der Waals surface area contributed by atoms with Gasteiger partial charge in [0.1, 0.15) is 0 Å². The Labute approximate surface area is 336 Å². The molecule has 8 aromatic rings. The van der Waals surface area contributed by atoms with Gasteiger partial charge in [-0.05, 0) is 133 Å². The minimum absolute atomic E-state index is 0.0829. The lowest BCUT2D eigenvalue weighted by Crippen LogP contribution is -2.16. The fraction of sp³-hybridized carbons (Fsp3) is 0.143. The van der Waals surface area contributed by atoms with Crippen LogP contribution in [0.5, 0.6) is 0 Å². The quantitative estimate of drug-likeness (QED) is 0.170. The standard InChI is InChI=1S/C56H45N/c1-55(2)49-21-13-12-19-45(49)46-30-28-41(35-52(46)55)57(40-26-22-37(23-27-40)36-14-6-5-7-15-36)53-33-31-42(44-18-10-11-20-47(44)53)39-24-29-48-51(34-39)56(3,4)50-32-25-38-16-8-9-17-43(38)54(48)50/h5-7,9-15,17-35H,8,16H2,1-4H3. The molecule has 0 aromatic heterocycles. The summed E-state index contributed by atoms with van der Waals surface area (Å²) in [6.45, 7) is 9.54. The molecule has 0 saturated carbocycles. The van der Waals surface area contributed by atoms with Gasteiger partial charge in [-0.15, -0.1) is 0 Å². The summed E-state index contributed by atoms with van der Waals surface area (Å²) in [4.78, 5) is 2.47. The second-order valence-electron chi connectivity index (χ2n) is 17.2. The van der Waals surface area contributed by atoms with Gasteiger partial charge in [-0.3, -0.25) is 0 Å². The molecular weight excluding hydrogens is 687 g/mol. The average Bonchev–Trinajstić information content (AvgIpc) is 3.63. The molecule has 0 bridgehead atoms. The van der Waals surface area contributed by atoms with Crippen LogP contribution in [0.1, 0.15) is 67.5 Å². The Morgan fingerprint density at radius 1 is 0.439 bits per heavy atom. The fourth-order valence-electron chi connectivity index (χ4n) is 10.3. The third kappa shape index (κ3) is 5.08. The predicted octanol–water partition coefficient (Wildman–Crippen LogP) is 15.2. The second kappa shape index (κ2) is 12.5. The molecule has 0 aliphatic heterocycles. The van der Waals surface area contributed by atoms with E-state index in [1.54, 1.807) is 0 Å². The van der Waals surface area contributed by atoms with E-state index in [0.29, 0.717) is 0 Å². The number of hydrogen-bond acceptors (Lipinski definition) is 1. The monoisotopic (exact) mass is 731 g/mol. The first-order valence-corrected chi connectivity index (χ1v) is 20.5. The van der Waals surface area contributed by atoms with Gasteiger partial charge in [0.15, 0.2) is 0 Å². The molecule has 0 radical (unpaired) electrons. The lowest BCUT2D eigenvalue weighted by Gasteiger charge is -2.29. The van der Waals surface area contributed by atoms with Crippen molar-refractivity contribution in [2.75, 3.05) is 4.90 Å². The molecule has 1 heteroatoms. The third-order valence-electron chi connectivity index (χ3n) is 13.3.